The molecular formula is C23H18Cl2N2O4S. The number of carboxylic acids is 1. The van der Waals surface area contributed by atoms with Gasteiger partial charge in [-0.15, -0.1) is 11.8 Å². The number of nitrogens with one attached hydrogen (secondary N) is 2. The Bertz CT molecular complexity index is 1190. The van der Waals surface area contributed by atoms with Crippen LogP contribution < -0.4 is 10.6 Å². The van der Waals surface area contributed by atoms with Crippen LogP contribution in [0.5, 0.6) is 0 Å². The Morgan fingerprint density at radius 2 is 1.62 bits per heavy atom. The number of hydrogen-bond donors (Lipinski definition) is 3. The molecule has 0 spiro atoms. The molecule has 2 amide bonds. The Morgan fingerprint density at radius 3 is 2.34 bits per heavy atom. The van der Waals surface area contributed by atoms with Crippen LogP contribution in [0.25, 0.3) is 0 Å². The molecule has 9 heteroatoms. The highest BCUT2D eigenvalue weighted by molar-refractivity contribution is 8.00. The summed E-state index contributed by atoms with van der Waals surface area (Å²) in [7, 11) is 0. The fourth-order valence-corrected chi connectivity index (χ4v) is 4.06. The Hall–Kier alpha value is -3.00. The first-order chi connectivity index (χ1) is 15.2. The van der Waals surface area contributed by atoms with Crippen LogP contribution in [0.3, 0.4) is 0 Å². The summed E-state index contributed by atoms with van der Waals surface area (Å²) < 4.78 is 0. The number of hydrogen-bond acceptors (Lipinski definition) is 4. The maximum Gasteiger partial charge on any atom is 0.336 e. The van der Waals surface area contributed by atoms with Crippen LogP contribution >= 0.6 is 35.0 Å². The average Bonchev–Trinajstić information content (AvgIpc) is 2.76. The van der Waals surface area contributed by atoms with Crippen LogP contribution in [0.4, 0.5) is 11.4 Å². The fraction of sp³-hybridized carbons (Fsp3) is 0.0870. The number of benzene rings is 3. The van der Waals surface area contributed by atoms with E-state index in [1.165, 1.54) is 23.9 Å². The molecular weight excluding hydrogens is 471 g/mol. The van der Waals surface area contributed by atoms with Crippen molar-refractivity contribution < 1.29 is 19.5 Å². The highest BCUT2D eigenvalue weighted by Gasteiger charge is 2.18. The molecule has 1 atom stereocenters. The van der Waals surface area contributed by atoms with Crippen molar-refractivity contribution in [2.75, 3.05) is 10.6 Å². The van der Waals surface area contributed by atoms with Crippen molar-refractivity contribution in [3.05, 3.63) is 87.9 Å². The highest BCUT2D eigenvalue weighted by atomic mass is 35.5. The molecule has 6 nitrogen and oxygen atoms in total. The summed E-state index contributed by atoms with van der Waals surface area (Å²) >= 11 is 13.3. The van der Waals surface area contributed by atoms with Gasteiger partial charge in [0, 0.05) is 15.6 Å². The van der Waals surface area contributed by atoms with Gasteiger partial charge in [0.25, 0.3) is 5.91 Å². The van der Waals surface area contributed by atoms with E-state index < -0.39 is 17.1 Å². The van der Waals surface area contributed by atoms with Gasteiger partial charge in [-0.05, 0) is 55.5 Å². The number of aromatic carboxylic acids is 1. The maximum atomic E-state index is 12.6. The lowest BCUT2D eigenvalue weighted by molar-refractivity contribution is -0.115. The van der Waals surface area contributed by atoms with Gasteiger partial charge in [-0.25, -0.2) is 4.79 Å². The molecule has 0 bridgehead atoms. The molecule has 3 aromatic rings. The average molecular weight is 489 g/mol. The number of carboxylic acid groups (broad SMARTS) is 1. The molecule has 0 heterocycles. The van der Waals surface area contributed by atoms with Crippen LogP contribution in [0, 0.1) is 0 Å². The Kier molecular flexibility index (Phi) is 7.80. The van der Waals surface area contributed by atoms with Crippen LogP contribution in [0.15, 0.2) is 71.6 Å². The third kappa shape index (κ3) is 6.03. The minimum absolute atomic E-state index is 0.0594. The molecule has 0 saturated heterocycles. The second-order valence-electron chi connectivity index (χ2n) is 6.71. The van der Waals surface area contributed by atoms with E-state index in [-0.39, 0.29) is 17.0 Å². The molecule has 0 aliphatic rings. The molecule has 0 aliphatic carbocycles. The fourth-order valence-electron chi connectivity index (χ4n) is 2.80. The van der Waals surface area contributed by atoms with E-state index in [0.717, 1.165) is 4.90 Å². The summed E-state index contributed by atoms with van der Waals surface area (Å²) in [5.41, 5.74) is 0.880. The predicted octanol–water partition coefficient (Wildman–Crippen LogP) is 6.06. The normalized spacial score (nSPS) is 11.5. The van der Waals surface area contributed by atoms with Gasteiger partial charge in [0.15, 0.2) is 0 Å². The standard InChI is InChI=1S/C23H18Cl2N2O4S/c1-13(21(28)27-20-11-14(24)9-10-19(20)25)32-16-6-4-5-15(12-16)26-22(29)17-7-2-3-8-18(17)23(30)31/h2-13H,1H3,(H,26,29)(H,27,28)(H,30,31). The van der Waals surface area contributed by atoms with Gasteiger partial charge in [0.05, 0.1) is 27.1 Å². The van der Waals surface area contributed by atoms with Gasteiger partial charge in [-0.2, -0.15) is 0 Å². The second kappa shape index (κ2) is 10.5. The lowest BCUT2D eigenvalue weighted by atomic mass is 10.1. The molecule has 0 fully saturated rings. The number of rotatable bonds is 7. The van der Waals surface area contributed by atoms with Gasteiger partial charge >= 0.3 is 5.97 Å². The number of carbonyl (C=O) groups is 3. The molecule has 1 unspecified atom stereocenters. The van der Waals surface area contributed by atoms with Crippen molar-refractivity contribution in [1.29, 1.82) is 0 Å². The number of anilines is 2. The van der Waals surface area contributed by atoms with Gasteiger partial charge in [0.2, 0.25) is 5.91 Å². The first-order valence-corrected chi connectivity index (χ1v) is 11.0. The molecule has 3 rings (SSSR count). The largest absolute Gasteiger partial charge is 0.478 e. The summed E-state index contributed by atoms with van der Waals surface area (Å²) in [5.74, 6) is -1.98. The van der Waals surface area contributed by atoms with Gasteiger partial charge in [0.1, 0.15) is 0 Å². The topological polar surface area (TPSA) is 95.5 Å². The minimum atomic E-state index is -1.18. The third-order valence-electron chi connectivity index (χ3n) is 4.36. The van der Waals surface area contributed by atoms with E-state index in [1.54, 1.807) is 55.5 Å². The van der Waals surface area contributed by atoms with Crippen molar-refractivity contribution in [2.45, 2.75) is 17.1 Å². The second-order valence-corrected chi connectivity index (χ2v) is 8.96. The zero-order valence-electron chi connectivity index (χ0n) is 16.8. The lowest BCUT2D eigenvalue weighted by Gasteiger charge is -2.14. The van der Waals surface area contributed by atoms with Crippen molar-refractivity contribution in [3.8, 4) is 0 Å². The van der Waals surface area contributed by atoms with Gasteiger partial charge < -0.3 is 15.7 Å². The molecule has 0 radical (unpaired) electrons. The highest BCUT2D eigenvalue weighted by Crippen LogP contribution is 2.29. The first-order valence-electron chi connectivity index (χ1n) is 9.41. The first kappa shape index (κ1) is 23.7. The summed E-state index contributed by atoms with van der Waals surface area (Å²) in [6.45, 7) is 1.74. The van der Waals surface area contributed by atoms with Crippen molar-refractivity contribution in [3.63, 3.8) is 0 Å². The van der Waals surface area contributed by atoms with E-state index in [2.05, 4.69) is 10.6 Å². The monoisotopic (exact) mass is 488 g/mol. The maximum absolute atomic E-state index is 12.6. The molecule has 0 saturated carbocycles. The zero-order chi connectivity index (χ0) is 23.3. The minimum Gasteiger partial charge on any atom is -0.478 e. The summed E-state index contributed by atoms with van der Waals surface area (Å²) in [6, 6.07) is 17.7. The third-order valence-corrected chi connectivity index (χ3v) is 6.02. The zero-order valence-corrected chi connectivity index (χ0v) is 19.1. The number of halogens is 2. The van der Waals surface area contributed by atoms with E-state index in [9.17, 15) is 19.5 Å². The van der Waals surface area contributed by atoms with E-state index in [1.807, 2.05) is 6.07 Å². The van der Waals surface area contributed by atoms with Crippen LogP contribution in [0.1, 0.15) is 27.6 Å². The predicted molar refractivity (Wildman–Crippen MR) is 128 cm³/mol. The van der Waals surface area contributed by atoms with E-state index >= 15 is 0 Å². The van der Waals surface area contributed by atoms with Gasteiger partial charge in [-0.3, -0.25) is 9.59 Å². The quantitative estimate of drug-likeness (QED) is 0.351. The molecule has 0 aliphatic heterocycles. The van der Waals surface area contributed by atoms with E-state index in [4.69, 9.17) is 23.2 Å². The smallest absolute Gasteiger partial charge is 0.336 e. The van der Waals surface area contributed by atoms with Crippen molar-refractivity contribution >= 4 is 64.1 Å². The molecule has 32 heavy (non-hydrogen) atoms. The molecule has 164 valence electrons. The lowest BCUT2D eigenvalue weighted by Crippen LogP contribution is -2.22. The molecule has 3 N–H and O–H groups in total. The number of carbonyl (C=O) groups excluding carboxylic acids is 2. The SMILES string of the molecule is CC(Sc1cccc(NC(=O)c2ccccc2C(=O)O)c1)C(=O)Nc1cc(Cl)ccc1Cl. The number of thioether (sulfide) groups is 1. The number of amides is 2. The Morgan fingerprint density at radius 1 is 0.906 bits per heavy atom. The Balaban J connectivity index is 1.68. The van der Waals surface area contributed by atoms with Crippen LogP contribution in [-0.2, 0) is 4.79 Å². The Labute approximate surface area is 198 Å². The molecule has 0 aromatic heterocycles. The van der Waals surface area contributed by atoms with Crippen molar-refractivity contribution in [1.82, 2.24) is 0 Å². The summed E-state index contributed by atoms with van der Waals surface area (Å²) in [6.07, 6.45) is 0. The van der Waals surface area contributed by atoms with E-state index in [0.29, 0.717) is 21.4 Å². The summed E-state index contributed by atoms with van der Waals surface area (Å²) in [5, 5.41) is 15.1. The van der Waals surface area contributed by atoms with Crippen LogP contribution in [-0.4, -0.2) is 28.1 Å². The van der Waals surface area contributed by atoms with Gasteiger partial charge in [-0.1, -0.05) is 41.4 Å². The van der Waals surface area contributed by atoms with Crippen LogP contribution in [0.2, 0.25) is 10.0 Å². The molecule has 3 aromatic carbocycles. The summed E-state index contributed by atoms with van der Waals surface area (Å²) in [4.78, 5) is 37.2. The van der Waals surface area contributed by atoms with Crippen molar-refractivity contribution in [2.24, 2.45) is 0 Å².